The summed E-state index contributed by atoms with van der Waals surface area (Å²) in [6, 6.07) is 0. The lowest BCUT2D eigenvalue weighted by Gasteiger charge is -2.28. The molecule has 0 spiro atoms. The molecule has 0 heterocycles. The molecule has 10 heteroatoms. The van der Waals surface area contributed by atoms with E-state index in [4.69, 9.17) is 18.5 Å². The third-order valence-corrected chi connectivity index (χ3v) is 12.9. The van der Waals surface area contributed by atoms with Gasteiger partial charge in [0.15, 0.2) is 6.10 Å². The minimum atomic E-state index is -4.67. The van der Waals surface area contributed by atoms with Gasteiger partial charge in [0.05, 0.1) is 27.7 Å². The fourth-order valence-electron chi connectivity index (χ4n) is 7.30. The van der Waals surface area contributed by atoms with E-state index in [0.29, 0.717) is 23.9 Å². The molecule has 0 saturated heterocycles. The van der Waals surface area contributed by atoms with E-state index >= 15 is 0 Å². The second kappa shape index (κ2) is 58.8. The molecule has 0 rings (SSSR count). The zero-order chi connectivity index (χ0) is 58.4. The van der Waals surface area contributed by atoms with Crippen molar-refractivity contribution in [1.82, 2.24) is 0 Å². The minimum Gasteiger partial charge on any atom is -0.756 e. The standard InChI is InChI=1S/C70H110NO8P/c1-6-8-10-12-14-16-18-20-22-24-26-28-30-32-33-34-35-36-37-39-41-43-45-47-49-51-53-55-57-59-61-63-70(73)79-68(67-78-80(74,75)77-65-64-71(3,4)5)66-76-69(72)62-60-58-56-54-52-50-48-46-44-42-40-38-31-29-27-25-23-21-19-17-15-13-11-9-7-2/h8-11,14-17,20-23,26-29,32-33,35-36,38-41,44-47,51,53,68H,6-7,12-13,18-19,24-25,30-31,34,37,42-43,48-50,52,54-67H2,1-5H3/b10-8-,11-9-,16-14-,17-15-,22-20-,23-21-,28-26-,29-27-,33-32-,36-35-,40-38-,41-39-,46-44-,47-45-,53-51-. The van der Waals surface area contributed by atoms with Crippen LogP contribution in [0.4, 0.5) is 0 Å². The molecule has 2 atom stereocenters. The van der Waals surface area contributed by atoms with E-state index in [0.717, 1.165) is 154 Å². The summed E-state index contributed by atoms with van der Waals surface area (Å²) in [4.78, 5) is 37.9. The Labute approximate surface area is 489 Å². The predicted molar refractivity (Wildman–Crippen MR) is 341 cm³/mol. The van der Waals surface area contributed by atoms with Gasteiger partial charge >= 0.3 is 11.9 Å². The zero-order valence-corrected chi connectivity index (χ0v) is 51.6. The lowest BCUT2D eigenvalue weighted by atomic mass is 10.1. The van der Waals surface area contributed by atoms with Crippen LogP contribution in [-0.4, -0.2) is 70.0 Å². The average Bonchev–Trinajstić information content (AvgIpc) is 3.42. The molecule has 80 heavy (non-hydrogen) atoms. The van der Waals surface area contributed by atoms with Crippen molar-refractivity contribution in [2.45, 2.75) is 200 Å². The normalized spacial score (nSPS) is 14.5. The van der Waals surface area contributed by atoms with Gasteiger partial charge in [-0.15, -0.1) is 0 Å². The molecule has 448 valence electrons. The summed E-state index contributed by atoms with van der Waals surface area (Å²) in [7, 11) is 1.10. The third kappa shape index (κ3) is 62.3. The van der Waals surface area contributed by atoms with E-state index < -0.39 is 32.5 Å². The van der Waals surface area contributed by atoms with Crippen LogP contribution in [0.5, 0.6) is 0 Å². The van der Waals surface area contributed by atoms with Crippen molar-refractivity contribution in [3.63, 3.8) is 0 Å². The Kier molecular flexibility index (Phi) is 55.2. The molecular weight excluding hydrogens is 1010 g/mol. The molecule has 0 fully saturated rings. The molecule has 0 aliphatic rings. The van der Waals surface area contributed by atoms with E-state index in [1.807, 2.05) is 21.1 Å². The Hall–Kier alpha value is -4.89. The number of carbonyl (C=O) groups excluding carboxylic acids is 2. The molecule has 0 aromatic carbocycles. The average molecular weight is 1120 g/mol. The number of phosphoric ester groups is 1. The number of carbonyl (C=O) groups is 2. The molecule has 0 aromatic heterocycles. The number of likely N-dealkylation sites (N-methyl/N-ethyl adjacent to an activating group) is 1. The van der Waals surface area contributed by atoms with Gasteiger partial charge in [0.1, 0.15) is 19.8 Å². The molecule has 0 saturated carbocycles. The van der Waals surface area contributed by atoms with Crippen LogP contribution < -0.4 is 4.89 Å². The molecule has 2 unspecified atom stereocenters. The van der Waals surface area contributed by atoms with Crippen molar-refractivity contribution >= 4 is 19.8 Å². The van der Waals surface area contributed by atoms with Crippen LogP contribution in [0.1, 0.15) is 194 Å². The van der Waals surface area contributed by atoms with E-state index in [-0.39, 0.29) is 26.1 Å². The Bertz CT molecular complexity index is 2000. The topological polar surface area (TPSA) is 111 Å². The molecule has 0 amide bonds. The van der Waals surface area contributed by atoms with Crippen LogP contribution in [0.15, 0.2) is 182 Å². The lowest BCUT2D eigenvalue weighted by Crippen LogP contribution is -2.37. The minimum absolute atomic E-state index is 0.0521. The molecule has 0 aromatic rings. The molecule has 0 radical (unpaired) electrons. The highest BCUT2D eigenvalue weighted by molar-refractivity contribution is 7.45. The maximum absolute atomic E-state index is 12.8. The fraction of sp³-hybridized carbons (Fsp3) is 0.543. The van der Waals surface area contributed by atoms with Crippen LogP contribution in [-0.2, 0) is 32.7 Å². The van der Waals surface area contributed by atoms with Gasteiger partial charge in [-0.1, -0.05) is 228 Å². The predicted octanol–water partition coefficient (Wildman–Crippen LogP) is 19.0. The number of hydrogen-bond donors (Lipinski definition) is 0. The van der Waals surface area contributed by atoms with Crippen molar-refractivity contribution in [1.29, 1.82) is 0 Å². The van der Waals surface area contributed by atoms with Gasteiger partial charge in [-0.2, -0.15) is 0 Å². The molecule has 0 N–H and O–H groups in total. The number of allylic oxidation sites excluding steroid dienone is 30. The number of unbranched alkanes of at least 4 members (excludes halogenated alkanes) is 9. The first-order valence-electron chi connectivity index (χ1n) is 30.5. The van der Waals surface area contributed by atoms with Gasteiger partial charge < -0.3 is 27.9 Å². The first-order chi connectivity index (χ1) is 39.0. The Balaban J connectivity index is 4.33. The van der Waals surface area contributed by atoms with Gasteiger partial charge in [0.2, 0.25) is 0 Å². The van der Waals surface area contributed by atoms with E-state index in [2.05, 4.69) is 196 Å². The third-order valence-electron chi connectivity index (χ3n) is 11.9. The van der Waals surface area contributed by atoms with Gasteiger partial charge in [-0.25, -0.2) is 0 Å². The monoisotopic (exact) mass is 1120 g/mol. The summed E-state index contributed by atoms with van der Waals surface area (Å²) >= 11 is 0. The van der Waals surface area contributed by atoms with E-state index in [9.17, 15) is 19.0 Å². The smallest absolute Gasteiger partial charge is 0.306 e. The van der Waals surface area contributed by atoms with Gasteiger partial charge in [-0.3, -0.25) is 14.2 Å². The maximum atomic E-state index is 12.8. The van der Waals surface area contributed by atoms with Crippen LogP contribution >= 0.6 is 7.82 Å². The van der Waals surface area contributed by atoms with Crippen LogP contribution in [0.25, 0.3) is 0 Å². The highest BCUT2D eigenvalue weighted by Crippen LogP contribution is 2.38. The SMILES string of the molecule is CC/C=C\C/C=C\C/C=C\C/C=C\C/C=C\C/C=C\C/C=C\C/C=C\C/C=C\CCCCCC(=O)OC(COC(=O)CCCCCCCC/C=C\C/C=C\C/C=C\C/C=C\C/C=C\C/C=C\CC)COP(=O)([O-])OCC[N+](C)(C)C. The largest absolute Gasteiger partial charge is 0.756 e. The number of hydrogen-bond acceptors (Lipinski definition) is 8. The Morgan fingerprint density at radius 3 is 1.01 bits per heavy atom. The van der Waals surface area contributed by atoms with E-state index in [1.165, 1.54) is 0 Å². The molecular formula is C70H110NO8P. The highest BCUT2D eigenvalue weighted by atomic mass is 31.2. The number of rotatable bonds is 53. The first kappa shape index (κ1) is 75.1. The van der Waals surface area contributed by atoms with Crippen molar-refractivity contribution in [2.75, 3.05) is 47.5 Å². The van der Waals surface area contributed by atoms with Gasteiger partial charge in [0, 0.05) is 12.8 Å². The second-order valence-electron chi connectivity index (χ2n) is 20.6. The summed E-state index contributed by atoms with van der Waals surface area (Å²) < 4.78 is 34.1. The summed E-state index contributed by atoms with van der Waals surface area (Å²) in [6.45, 7) is 3.92. The summed E-state index contributed by atoms with van der Waals surface area (Å²) in [5.74, 6) is -0.907. The number of ether oxygens (including phenoxy) is 2. The molecule has 9 nitrogen and oxygen atoms in total. The van der Waals surface area contributed by atoms with Gasteiger partial charge in [-0.05, 0) is 135 Å². The molecule has 0 bridgehead atoms. The van der Waals surface area contributed by atoms with E-state index in [1.54, 1.807) is 0 Å². The van der Waals surface area contributed by atoms with Crippen molar-refractivity contribution in [2.24, 2.45) is 0 Å². The summed E-state index contributed by atoms with van der Waals surface area (Å²) in [5.41, 5.74) is 0. The molecule has 0 aliphatic carbocycles. The molecule has 0 aliphatic heterocycles. The Morgan fingerprint density at radius 1 is 0.388 bits per heavy atom. The second-order valence-corrected chi connectivity index (χ2v) is 22.0. The Morgan fingerprint density at radius 2 is 0.675 bits per heavy atom. The maximum Gasteiger partial charge on any atom is 0.306 e. The number of nitrogens with zero attached hydrogens (tertiary/aromatic N) is 1. The quantitative estimate of drug-likeness (QED) is 0.0195. The van der Waals surface area contributed by atoms with Gasteiger partial charge in [0.25, 0.3) is 7.82 Å². The highest BCUT2D eigenvalue weighted by Gasteiger charge is 2.21. The van der Waals surface area contributed by atoms with Crippen molar-refractivity contribution < 1.29 is 42.1 Å². The fourth-order valence-corrected chi connectivity index (χ4v) is 8.03. The summed E-state index contributed by atoms with van der Waals surface area (Å²) in [6.07, 6.45) is 90.8. The lowest BCUT2D eigenvalue weighted by molar-refractivity contribution is -0.870. The van der Waals surface area contributed by atoms with Crippen LogP contribution in [0, 0.1) is 0 Å². The van der Waals surface area contributed by atoms with Crippen molar-refractivity contribution in [3.05, 3.63) is 182 Å². The summed E-state index contributed by atoms with van der Waals surface area (Å²) in [5, 5.41) is 0. The first-order valence-corrected chi connectivity index (χ1v) is 32.0. The number of quaternary nitrogens is 1. The number of phosphoric acid groups is 1. The zero-order valence-electron chi connectivity index (χ0n) is 50.7. The van der Waals surface area contributed by atoms with Crippen LogP contribution in [0.2, 0.25) is 0 Å². The number of esters is 2. The van der Waals surface area contributed by atoms with Crippen molar-refractivity contribution in [3.8, 4) is 0 Å². The van der Waals surface area contributed by atoms with Crippen LogP contribution in [0.3, 0.4) is 0 Å².